The third-order valence-corrected chi connectivity index (χ3v) is 29.5. The fourth-order valence-corrected chi connectivity index (χ4v) is 22.7. The lowest BCUT2D eigenvalue weighted by Gasteiger charge is -2.30. The molecule has 0 aliphatic heterocycles. The minimum absolute atomic E-state index is 0.665. The van der Waals surface area contributed by atoms with Crippen LogP contribution in [0, 0.1) is 11.8 Å². The molecule has 1 atom stereocenters. The van der Waals surface area contributed by atoms with Crippen LogP contribution in [0.3, 0.4) is 0 Å². The number of fused-ring (bicyclic) bond motifs is 6. The molecule has 14 aromatic rings. The van der Waals surface area contributed by atoms with E-state index in [1.54, 1.807) is 65.2 Å². The molecular formula is C118H162O. The van der Waals surface area contributed by atoms with Gasteiger partial charge in [0.15, 0.2) is 0 Å². The molecule has 0 aliphatic rings. The zero-order chi connectivity index (χ0) is 82.1. The van der Waals surface area contributed by atoms with Gasteiger partial charge in [0.25, 0.3) is 0 Å². The molecule has 0 radical (unpaired) electrons. The molecular weight excluding hydrogens is 1430 g/mol. The molecule has 14 rings (SSSR count). The number of rotatable bonds is 64. The van der Waals surface area contributed by atoms with E-state index < -0.39 is 0 Å². The fourth-order valence-electron chi connectivity index (χ4n) is 22.7. The zero-order valence-corrected chi connectivity index (χ0v) is 77.2. The predicted octanol–water partition coefficient (Wildman–Crippen LogP) is 39.4. The van der Waals surface area contributed by atoms with E-state index in [0.29, 0.717) is 5.92 Å². The summed E-state index contributed by atoms with van der Waals surface area (Å²) in [5, 5.41) is 36.7. The molecule has 0 saturated heterocycles. The van der Waals surface area contributed by atoms with Gasteiger partial charge in [0.05, 0.1) is 6.61 Å². The largest absolute Gasteiger partial charge is 0.494 e. The summed E-state index contributed by atoms with van der Waals surface area (Å²) in [6.07, 6.45) is 78.8. The minimum Gasteiger partial charge on any atom is -0.494 e. The Morgan fingerprint density at radius 1 is 0.193 bits per heavy atom. The first-order chi connectivity index (χ1) is 58.7. The topological polar surface area (TPSA) is 9.23 Å². The molecule has 0 heterocycles. The maximum absolute atomic E-state index is 6.69. The third-order valence-electron chi connectivity index (χ3n) is 29.5. The number of ether oxygens (including phenoxy) is 1. The van der Waals surface area contributed by atoms with Crippen molar-refractivity contribution in [2.75, 3.05) is 6.61 Å². The first-order valence-corrected chi connectivity index (χ1v) is 51.8. The van der Waals surface area contributed by atoms with Crippen LogP contribution in [0.15, 0.2) is 97.1 Å². The summed E-state index contributed by atoms with van der Waals surface area (Å²) in [5.74, 6) is 2.43. The molecule has 1 heteroatoms. The molecule has 0 unspecified atom stereocenters. The van der Waals surface area contributed by atoms with E-state index >= 15 is 0 Å². The Balaban J connectivity index is 0.984. The minimum atomic E-state index is 0.665. The van der Waals surface area contributed by atoms with Gasteiger partial charge in [-0.1, -0.05) is 436 Å². The summed E-state index contributed by atoms with van der Waals surface area (Å²) in [6.45, 7) is 19.7. The number of hydrogen-bond acceptors (Lipinski definition) is 1. The maximum atomic E-state index is 6.69. The molecule has 0 fully saturated rings. The second-order valence-electron chi connectivity index (χ2n) is 39.8. The van der Waals surface area contributed by atoms with Crippen molar-refractivity contribution in [1.29, 1.82) is 0 Å². The average Bonchev–Trinajstić information content (AvgIpc) is 0.642. The van der Waals surface area contributed by atoms with Crippen LogP contribution >= 0.6 is 0 Å². The Morgan fingerprint density at radius 2 is 0.395 bits per heavy atom. The third kappa shape index (κ3) is 21.9. The summed E-state index contributed by atoms with van der Waals surface area (Å²) in [4.78, 5) is 0. The van der Waals surface area contributed by atoms with Crippen molar-refractivity contribution in [2.45, 2.75) is 434 Å². The molecule has 0 amide bonds. The van der Waals surface area contributed by atoms with Crippen LogP contribution in [0.4, 0.5) is 0 Å². The lowest BCUT2D eigenvalue weighted by Crippen LogP contribution is -2.04. The molecule has 1 nitrogen and oxygen atoms in total. The van der Waals surface area contributed by atoms with E-state index in [0.717, 1.165) is 56.8 Å². The molecule has 640 valence electrons. The summed E-state index contributed by atoms with van der Waals surface area (Å²) >= 11 is 0. The lowest BCUT2D eigenvalue weighted by atomic mass is 9.72. The summed E-state index contributed by atoms with van der Waals surface area (Å²) in [5.41, 5.74) is 10.4. The van der Waals surface area contributed by atoms with Gasteiger partial charge >= 0.3 is 0 Å². The molecule has 0 aliphatic carbocycles. The highest BCUT2D eigenvalue weighted by Crippen LogP contribution is 2.61. The van der Waals surface area contributed by atoms with Gasteiger partial charge < -0.3 is 4.74 Å². The van der Waals surface area contributed by atoms with Gasteiger partial charge in [-0.2, -0.15) is 0 Å². The molecule has 0 aromatic heterocycles. The van der Waals surface area contributed by atoms with Crippen molar-refractivity contribution in [1.82, 2.24) is 0 Å². The SMILES string of the molecule is CCCCCCCCCCCCc1cc2c3cc(CCCCCCCCCCCC)cc4c5cc(CCCCCCCCCCCC)cc6c7cc(-c8ccc(OCC[C@H](C)CCCC(C)C)cc8)cc8c9cc(CCCCCCCCCCCC)cc%10c%11cc(CCCCCCCCCCCC)cc%12c(c1)c2c1c(c34)c(c56)c(c78)c(c%109)c1c%12%11. The zero-order valence-electron chi connectivity index (χ0n) is 77.2. The maximum Gasteiger partial charge on any atom is 0.119 e. The normalized spacial score (nSPS) is 12.9. The van der Waals surface area contributed by atoms with Gasteiger partial charge in [0.1, 0.15) is 5.75 Å². The van der Waals surface area contributed by atoms with E-state index in [-0.39, 0.29) is 0 Å². The summed E-state index contributed by atoms with van der Waals surface area (Å²) in [7, 11) is 0. The van der Waals surface area contributed by atoms with E-state index in [1.807, 2.05) is 0 Å². The first kappa shape index (κ1) is 88.9. The predicted molar refractivity (Wildman–Crippen MR) is 535 cm³/mol. The van der Waals surface area contributed by atoms with E-state index in [9.17, 15) is 0 Å². The smallest absolute Gasteiger partial charge is 0.119 e. The van der Waals surface area contributed by atoms with Crippen molar-refractivity contribution in [3.63, 3.8) is 0 Å². The molecule has 14 aromatic carbocycles. The van der Waals surface area contributed by atoms with E-state index in [1.165, 1.54) is 443 Å². The number of unbranched alkanes of at least 4 members (excludes halogenated alkanes) is 45. The molecule has 0 spiro atoms. The molecule has 0 N–H and O–H groups in total. The lowest BCUT2D eigenvalue weighted by molar-refractivity contribution is 0.276. The van der Waals surface area contributed by atoms with Crippen molar-refractivity contribution in [3.05, 3.63) is 125 Å². The van der Waals surface area contributed by atoms with Crippen LogP contribution < -0.4 is 4.74 Å². The van der Waals surface area contributed by atoms with Gasteiger partial charge in [0.2, 0.25) is 0 Å². The molecule has 119 heavy (non-hydrogen) atoms. The highest BCUT2D eigenvalue weighted by molar-refractivity contribution is 6.61. The Kier molecular flexibility index (Phi) is 34.2. The molecule has 0 saturated carbocycles. The van der Waals surface area contributed by atoms with Crippen LogP contribution in [0.1, 0.15) is 430 Å². The van der Waals surface area contributed by atoms with Crippen LogP contribution in [-0.4, -0.2) is 6.61 Å². The van der Waals surface area contributed by atoms with E-state index in [2.05, 4.69) is 152 Å². The Hall–Kier alpha value is -6.44. The van der Waals surface area contributed by atoms with Gasteiger partial charge in [-0.25, -0.2) is 0 Å². The second-order valence-corrected chi connectivity index (χ2v) is 39.8. The van der Waals surface area contributed by atoms with Crippen molar-refractivity contribution in [3.8, 4) is 16.9 Å². The fraction of sp³-hybridized carbons (Fsp3) is 0.593. The van der Waals surface area contributed by atoms with Gasteiger partial charge in [0, 0.05) is 0 Å². The quantitative estimate of drug-likeness (QED) is 0.0210. The highest BCUT2D eigenvalue weighted by atomic mass is 16.5. The number of aryl methyl sites for hydroxylation is 5. The van der Waals surface area contributed by atoms with Gasteiger partial charge in [-0.05, 0) is 275 Å². The van der Waals surface area contributed by atoms with Crippen molar-refractivity contribution >= 4 is 129 Å². The Bertz CT molecular complexity index is 5000. The van der Waals surface area contributed by atoms with Crippen LogP contribution in [0.25, 0.3) is 140 Å². The molecule has 0 bridgehead atoms. The summed E-state index contributed by atoms with van der Waals surface area (Å²) in [6, 6.07) is 42.8. The summed E-state index contributed by atoms with van der Waals surface area (Å²) < 4.78 is 6.69. The van der Waals surface area contributed by atoms with Crippen LogP contribution in [0.2, 0.25) is 0 Å². The van der Waals surface area contributed by atoms with Crippen molar-refractivity contribution < 1.29 is 4.74 Å². The first-order valence-electron chi connectivity index (χ1n) is 51.8. The number of hydrogen-bond donors (Lipinski definition) is 0. The Morgan fingerprint density at radius 3 is 0.605 bits per heavy atom. The number of benzene rings is 14. The Labute approximate surface area is 723 Å². The standard InChI is InChI=1S/C118H162O/c1-9-14-19-24-29-34-39-44-49-54-62-87-73-95-97-75-88(63-55-50-45-40-35-30-25-20-15-10-2)77-99-101-79-90(65-57-52-47-42-37-32-27-22-17-12-4)81-103-105-83-93(92-67-69-94(70-68-92)119-72-71-86(8)61-59-60-85(6)7)84-106-104-82-91(66-58-53-48-43-38-33-28-23-18-13-5)80-102-100-78-89(64-56-51-46-41-36-31-26-21-16-11-3)76-98-96(74-87)107(95)113-114(108(97)99)116(110(101)103)118(112(105)106)117(111(102)104)115(113)109(98)100/h67-70,73-86H,9-66,71-72H2,1-8H3/t86-/m1/s1. The second kappa shape index (κ2) is 45.8. The average molecular weight is 1600 g/mol. The van der Waals surface area contributed by atoms with Crippen molar-refractivity contribution in [2.24, 2.45) is 11.8 Å². The van der Waals surface area contributed by atoms with Gasteiger partial charge in [-0.3, -0.25) is 0 Å². The van der Waals surface area contributed by atoms with E-state index in [4.69, 9.17) is 4.74 Å². The van der Waals surface area contributed by atoms with Crippen LogP contribution in [0.5, 0.6) is 5.75 Å². The highest BCUT2D eigenvalue weighted by Gasteiger charge is 2.33. The monoisotopic (exact) mass is 1600 g/mol. The van der Waals surface area contributed by atoms with Gasteiger partial charge in [-0.15, -0.1) is 0 Å². The van der Waals surface area contributed by atoms with Crippen LogP contribution in [-0.2, 0) is 32.1 Å².